The molecular formula is C21H39ClIN. The van der Waals surface area contributed by atoms with E-state index in [1.54, 1.807) is 0 Å². The molecule has 0 aliphatic carbocycles. The van der Waals surface area contributed by atoms with Gasteiger partial charge in [0.1, 0.15) is 6.54 Å². The first-order valence-corrected chi connectivity index (χ1v) is 9.50. The van der Waals surface area contributed by atoms with Gasteiger partial charge < -0.3 is 16.9 Å². The monoisotopic (exact) mass is 467 g/mol. The van der Waals surface area contributed by atoms with E-state index in [2.05, 4.69) is 51.4 Å². The van der Waals surface area contributed by atoms with Gasteiger partial charge in [-0.1, -0.05) is 88.6 Å². The van der Waals surface area contributed by atoms with E-state index in [1.807, 2.05) is 0 Å². The van der Waals surface area contributed by atoms with Gasteiger partial charge in [-0.05, 0) is 12.8 Å². The van der Waals surface area contributed by atoms with Crippen LogP contribution < -0.4 is 12.4 Å². The summed E-state index contributed by atoms with van der Waals surface area (Å²) in [7, 11) is 4.72. The van der Waals surface area contributed by atoms with Crippen molar-refractivity contribution in [1.82, 2.24) is 0 Å². The molecule has 0 fully saturated rings. The molecule has 0 atom stereocenters. The minimum atomic E-state index is 0. The summed E-state index contributed by atoms with van der Waals surface area (Å²) in [5, 5.41) is 0. The van der Waals surface area contributed by atoms with Gasteiger partial charge in [0.15, 0.2) is 0 Å². The molecular weight excluding hydrogens is 429 g/mol. The third-order valence-electron chi connectivity index (χ3n) is 4.57. The van der Waals surface area contributed by atoms with Crippen LogP contribution in [0.4, 0.5) is 0 Å². The van der Waals surface area contributed by atoms with Crippen LogP contribution in [0.2, 0.25) is 0 Å². The van der Waals surface area contributed by atoms with Crippen LogP contribution in [0.25, 0.3) is 0 Å². The van der Waals surface area contributed by atoms with Crippen molar-refractivity contribution in [3.05, 3.63) is 35.9 Å². The number of nitrogens with zero attached hydrogens (tertiary/aromatic N) is 1. The van der Waals surface area contributed by atoms with Crippen molar-refractivity contribution in [1.29, 1.82) is 0 Å². The maximum absolute atomic E-state index is 2.36. The Balaban J connectivity index is 0. The van der Waals surface area contributed by atoms with Crippen molar-refractivity contribution < 1.29 is 16.9 Å². The molecule has 0 saturated carbocycles. The normalized spacial score (nSPS) is 10.8. The SMILES string of the molecule is CCCCCCCCCCCC[N+](C)(C)Cc1ccccc1.I.[Cl-]. The summed E-state index contributed by atoms with van der Waals surface area (Å²) in [4.78, 5) is 0. The molecule has 0 bridgehead atoms. The molecule has 0 spiro atoms. The number of rotatable bonds is 13. The van der Waals surface area contributed by atoms with Crippen LogP contribution >= 0.6 is 24.0 Å². The molecule has 0 saturated heterocycles. The predicted octanol–water partition coefficient (Wildman–Crippen LogP) is 3.81. The topological polar surface area (TPSA) is 0 Å². The lowest BCUT2D eigenvalue weighted by molar-refractivity contribution is -0.903. The average molecular weight is 468 g/mol. The maximum Gasteiger partial charge on any atom is 0.104 e. The Morgan fingerprint density at radius 3 is 1.67 bits per heavy atom. The number of hydrogen-bond donors (Lipinski definition) is 0. The highest BCUT2D eigenvalue weighted by molar-refractivity contribution is 14.0. The van der Waals surface area contributed by atoms with E-state index in [4.69, 9.17) is 0 Å². The van der Waals surface area contributed by atoms with Gasteiger partial charge in [0.2, 0.25) is 0 Å². The highest BCUT2D eigenvalue weighted by Crippen LogP contribution is 2.13. The summed E-state index contributed by atoms with van der Waals surface area (Å²) in [5.74, 6) is 0. The van der Waals surface area contributed by atoms with E-state index in [0.29, 0.717) is 0 Å². The first-order chi connectivity index (χ1) is 10.6. The van der Waals surface area contributed by atoms with Crippen LogP contribution in [-0.4, -0.2) is 25.1 Å². The summed E-state index contributed by atoms with van der Waals surface area (Å²) >= 11 is 0. The number of halogens is 2. The Morgan fingerprint density at radius 1 is 0.708 bits per heavy atom. The van der Waals surface area contributed by atoms with Crippen LogP contribution in [0.3, 0.4) is 0 Å². The lowest BCUT2D eigenvalue weighted by atomic mass is 10.1. The fourth-order valence-electron chi connectivity index (χ4n) is 3.18. The molecule has 0 aromatic heterocycles. The molecule has 0 heterocycles. The van der Waals surface area contributed by atoms with Crippen LogP contribution in [0, 0.1) is 0 Å². The minimum Gasteiger partial charge on any atom is -1.00 e. The second-order valence-corrected chi connectivity index (χ2v) is 7.49. The lowest BCUT2D eigenvalue weighted by Gasteiger charge is -2.30. The van der Waals surface area contributed by atoms with E-state index >= 15 is 0 Å². The summed E-state index contributed by atoms with van der Waals surface area (Å²) in [6.07, 6.45) is 14.2. The van der Waals surface area contributed by atoms with Gasteiger partial charge in [0, 0.05) is 5.56 Å². The Kier molecular flexibility index (Phi) is 18.3. The van der Waals surface area contributed by atoms with Crippen molar-refractivity contribution in [2.45, 2.75) is 77.7 Å². The number of hydrogen-bond acceptors (Lipinski definition) is 0. The molecule has 0 N–H and O–H groups in total. The molecule has 142 valence electrons. The standard InChI is InChI=1S/C21H38N.ClH.HI/c1-4-5-6-7-8-9-10-11-12-16-19-22(2,3)20-21-17-14-13-15-18-21;;/h13-15,17-18H,4-12,16,19-20H2,1-3H3;2*1H/q+1;;/p-1. The summed E-state index contributed by atoms with van der Waals surface area (Å²) in [6.45, 7) is 4.74. The highest BCUT2D eigenvalue weighted by atomic mass is 127. The summed E-state index contributed by atoms with van der Waals surface area (Å²) in [5.41, 5.74) is 1.46. The maximum atomic E-state index is 2.36. The minimum absolute atomic E-state index is 0. The van der Waals surface area contributed by atoms with E-state index in [9.17, 15) is 0 Å². The van der Waals surface area contributed by atoms with E-state index in [-0.39, 0.29) is 36.4 Å². The van der Waals surface area contributed by atoms with Crippen LogP contribution in [0.5, 0.6) is 0 Å². The molecule has 0 aliphatic heterocycles. The molecule has 0 aliphatic rings. The van der Waals surface area contributed by atoms with Gasteiger partial charge in [-0.3, -0.25) is 0 Å². The largest absolute Gasteiger partial charge is 1.00 e. The van der Waals surface area contributed by atoms with Crippen molar-refractivity contribution in [3.63, 3.8) is 0 Å². The Labute approximate surface area is 174 Å². The predicted molar refractivity (Wildman–Crippen MR) is 114 cm³/mol. The first-order valence-electron chi connectivity index (χ1n) is 9.50. The molecule has 3 heteroatoms. The van der Waals surface area contributed by atoms with Gasteiger partial charge >= 0.3 is 0 Å². The van der Waals surface area contributed by atoms with Crippen LogP contribution in [0.15, 0.2) is 30.3 Å². The lowest BCUT2D eigenvalue weighted by Crippen LogP contribution is -3.00. The quantitative estimate of drug-likeness (QED) is 0.235. The van der Waals surface area contributed by atoms with Crippen molar-refractivity contribution >= 4 is 24.0 Å². The molecule has 0 amide bonds. The zero-order chi connectivity index (χ0) is 16.1. The second-order valence-electron chi connectivity index (χ2n) is 7.49. The zero-order valence-corrected chi connectivity index (χ0v) is 19.2. The molecule has 1 nitrogen and oxygen atoms in total. The van der Waals surface area contributed by atoms with Crippen molar-refractivity contribution in [2.24, 2.45) is 0 Å². The highest BCUT2D eigenvalue weighted by Gasteiger charge is 2.14. The Morgan fingerprint density at radius 2 is 1.17 bits per heavy atom. The van der Waals surface area contributed by atoms with Crippen LogP contribution in [0.1, 0.15) is 76.7 Å². The molecule has 24 heavy (non-hydrogen) atoms. The Bertz CT molecular complexity index is 367. The van der Waals surface area contributed by atoms with Gasteiger partial charge in [-0.15, -0.1) is 24.0 Å². The van der Waals surface area contributed by atoms with E-state index in [1.165, 1.54) is 76.3 Å². The van der Waals surface area contributed by atoms with E-state index < -0.39 is 0 Å². The average Bonchev–Trinajstić information content (AvgIpc) is 2.49. The number of unbranched alkanes of at least 4 members (excludes halogenated alkanes) is 9. The third kappa shape index (κ3) is 14.5. The first kappa shape index (κ1) is 26.4. The van der Waals surface area contributed by atoms with Gasteiger partial charge in [-0.25, -0.2) is 0 Å². The molecule has 1 aromatic carbocycles. The summed E-state index contributed by atoms with van der Waals surface area (Å²) in [6, 6.07) is 10.9. The number of benzene rings is 1. The third-order valence-corrected chi connectivity index (χ3v) is 4.57. The molecule has 1 rings (SSSR count). The van der Waals surface area contributed by atoms with Crippen molar-refractivity contribution in [2.75, 3.05) is 20.6 Å². The van der Waals surface area contributed by atoms with Crippen molar-refractivity contribution in [3.8, 4) is 0 Å². The van der Waals surface area contributed by atoms with Crippen LogP contribution in [-0.2, 0) is 6.54 Å². The van der Waals surface area contributed by atoms with Gasteiger partial charge in [-0.2, -0.15) is 0 Å². The molecule has 0 unspecified atom stereocenters. The van der Waals surface area contributed by atoms with Gasteiger partial charge in [0.25, 0.3) is 0 Å². The van der Waals surface area contributed by atoms with E-state index in [0.717, 1.165) is 11.0 Å². The summed E-state index contributed by atoms with van der Waals surface area (Å²) < 4.78 is 1.11. The fourth-order valence-corrected chi connectivity index (χ4v) is 3.18. The van der Waals surface area contributed by atoms with Gasteiger partial charge in [0.05, 0.1) is 20.6 Å². The zero-order valence-electron chi connectivity index (χ0n) is 16.1. The Hall–Kier alpha value is 0.200. The second kappa shape index (κ2) is 16.7. The smallest absolute Gasteiger partial charge is 0.104 e. The molecule has 0 radical (unpaired) electrons. The molecule has 1 aromatic rings. The number of quaternary nitrogens is 1. The fraction of sp³-hybridized carbons (Fsp3) is 0.714.